The lowest BCUT2D eigenvalue weighted by molar-refractivity contribution is 0.0946. The van der Waals surface area contributed by atoms with Crippen LogP contribution >= 0.6 is 23.1 Å². The third-order valence-electron chi connectivity index (χ3n) is 3.52. The first-order valence-electron chi connectivity index (χ1n) is 7.23. The zero-order valence-corrected chi connectivity index (χ0v) is 14.3. The Morgan fingerprint density at radius 3 is 2.87 bits per heavy atom. The van der Waals surface area contributed by atoms with Crippen molar-refractivity contribution in [3.05, 3.63) is 70.7 Å². The molecule has 0 spiro atoms. The number of thiophene rings is 1. The number of benzene rings is 1. The molecule has 0 radical (unpaired) electrons. The van der Waals surface area contributed by atoms with E-state index < -0.39 is 0 Å². The summed E-state index contributed by atoms with van der Waals surface area (Å²) < 4.78 is 1.88. The lowest BCUT2D eigenvalue weighted by atomic mass is 10.2. The van der Waals surface area contributed by atoms with Crippen molar-refractivity contribution in [1.82, 2.24) is 15.1 Å². The number of carbonyl (C=O) groups is 1. The van der Waals surface area contributed by atoms with Gasteiger partial charge in [-0.25, -0.2) is 0 Å². The number of thioether (sulfide) groups is 1. The molecule has 3 aromatic rings. The Balaban J connectivity index is 1.76. The lowest BCUT2D eigenvalue weighted by Crippen LogP contribution is -2.31. The Labute approximate surface area is 143 Å². The second kappa shape index (κ2) is 7.48. The van der Waals surface area contributed by atoms with Crippen molar-refractivity contribution in [3.8, 4) is 0 Å². The second-order valence-electron chi connectivity index (χ2n) is 4.93. The molecule has 23 heavy (non-hydrogen) atoms. The molecule has 4 nitrogen and oxygen atoms in total. The molecule has 0 bridgehead atoms. The van der Waals surface area contributed by atoms with E-state index in [0.717, 1.165) is 4.90 Å². The van der Waals surface area contributed by atoms with Crippen molar-refractivity contribution in [2.75, 3.05) is 12.8 Å². The third kappa shape index (κ3) is 3.65. The number of aromatic nitrogens is 2. The molecule has 0 aliphatic rings. The van der Waals surface area contributed by atoms with E-state index in [0.29, 0.717) is 12.1 Å². The number of nitrogens with zero attached hydrogens (tertiary/aromatic N) is 2. The van der Waals surface area contributed by atoms with Gasteiger partial charge in [-0.3, -0.25) is 9.48 Å². The highest BCUT2D eigenvalue weighted by Crippen LogP contribution is 2.23. The molecule has 0 saturated carbocycles. The average Bonchev–Trinajstić information content (AvgIpc) is 3.29. The summed E-state index contributed by atoms with van der Waals surface area (Å²) in [5.74, 6) is -0.0522. The molecular weight excluding hydrogens is 326 g/mol. The molecule has 3 rings (SSSR count). The predicted octanol–water partition coefficient (Wildman–Crippen LogP) is 3.69. The fourth-order valence-corrected chi connectivity index (χ4v) is 3.80. The monoisotopic (exact) mass is 343 g/mol. The summed E-state index contributed by atoms with van der Waals surface area (Å²) in [5, 5.41) is 9.41. The third-order valence-corrected chi connectivity index (χ3v) is 5.29. The van der Waals surface area contributed by atoms with E-state index in [4.69, 9.17) is 0 Å². The van der Waals surface area contributed by atoms with Crippen LogP contribution in [0.2, 0.25) is 0 Å². The average molecular weight is 343 g/mol. The van der Waals surface area contributed by atoms with Crippen LogP contribution in [-0.4, -0.2) is 28.5 Å². The van der Waals surface area contributed by atoms with E-state index in [1.54, 1.807) is 29.3 Å². The number of rotatable bonds is 6. The molecule has 1 N–H and O–H groups in total. The Kier molecular flexibility index (Phi) is 5.15. The number of hydrogen-bond donors (Lipinski definition) is 1. The summed E-state index contributed by atoms with van der Waals surface area (Å²) in [6.07, 6.45) is 5.65. The predicted molar refractivity (Wildman–Crippen MR) is 95.2 cm³/mol. The van der Waals surface area contributed by atoms with E-state index >= 15 is 0 Å². The zero-order valence-electron chi connectivity index (χ0n) is 12.7. The van der Waals surface area contributed by atoms with Crippen LogP contribution in [0, 0.1) is 0 Å². The van der Waals surface area contributed by atoms with Crippen molar-refractivity contribution >= 4 is 29.0 Å². The zero-order chi connectivity index (χ0) is 16.1. The molecule has 2 aromatic heterocycles. The van der Waals surface area contributed by atoms with Gasteiger partial charge < -0.3 is 5.32 Å². The maximum Gasteiger partial charge on any atom is 0.252 e. The molecule has 2 heterocycles. The molecule has 0 aliphatic carbocycles. The molecule has 1 atom stereocenters. The van der Waals surface area contributed by atoms with Crippen molar-refractivity contribution in [2.45, 2.75) is 10.9 Å². The first-order valence-corrected chi connectivity index (χ1v) is 9.34. The molecule has 6 heteroatoms. The Morgan fingerprint density at radius 2 is 2.17 bits per heavy atom. The summed E-state index contributed by atoms with van der Waals surface area (Å²) in [7, 11) is 0. The van der Waals surface area contributed by atoms with Gasteiger partial charge in [0.2, 0.25) is 0 Å². The molecule has 0 saturated heterocycles. The van der Waals surface area contributed by atoms with E-state index in [2.05, 4.69) is 16.5 Å². The van der Waals surface area contributed by atoms with Gasteiger partial charge in [0.25, 0.3) is 5.91 Å². The van der Waals surface area contributed by atoms with Crippen molar-refractivity contribution in [1.29, 1.82) is 0 Å². The van der Waals surface area contributed by atoms with Gasteiger partial charge in [-0.15, -0.1) is 23.1 Å². The molecule has 118 valence electrons. The Hall–Kier alpha value is -2.05. The fourth-order valence-electron chi connectivity index (χ4n) is 2.39. The van der Waals surface area contributed by atoms with Gasteiger partial charge in [0.15, 0.2) is 0 Å². The van der Waals surface area contributed by atoms with Crippen molar-refractivity contribution in [2.24, 2.45) is 0 Å². The SMILES string of the molecule is CSc1ccccc1C(=O)NC[C@@H](c1cccs1)n1cccn1. The summed E-state index contributed by atoms with van der Waals surface area (Å²) in [4.78, 5) is 14.7. The quantitative estimate of drug-likeness (QED) is 0.695. The standard InChI is InChI=1S/C17H17N3OS2/c1-22-15-7-3-2-6-13(15)17(21)18-12-14(16-8-4-11-23-16)20-10-5-9-19-20/h2-11,14H,12H2,1H3,(H,18,21)/t14-/m0/s1. The van der Waals surface area contributed by atoms with Gasteiger partial charge in [0.05, 0.1) is 5.56 Å². The van der Waals surface area contributed by atoms with Gasteiger partial charge in [-0.05, 0) is 35.9 Å². The van der Waals surface area contributed by atoms with Crippen molar-refractivity contribution < 1.29 is 4.79 Å². The van der Waals surface area contributed by atoms with E-state index in [9.17, 15) is 4.79 Å². The summed E-state index contributed by atoms with van der Waals surface area (Å²) in [6, 6.07) is 13.6. The van der Waals surface area contributed by atoms with Gasteiger partial charge >= 0.3 is 0 Å². The van der Waals surface area contributed by atoms with E-state index in [1.165, 1.54) is 4.88 Å². The van der Waals surface area contributed by atoms with Crippen LogP contribution in [0.1, 0.15) is 21.3 Å². The van der Waals surface area contributed by atoms with Crippen LogP contribution in [-0.2, 0) is 0 Å². The van der Waals surface area contributed by atoms with Gasteiger partial charge in [0, 0.05) is 28.7 Å². The van der Waals surface area contributed by atoms with Crippen molar-refractivity contribution in [3.63, 3.8) is 0 Å². The molecule has 0 aliphatic heterocycles. The second-order valence-corrected chi connectivity index (χ2v) is 6.75. The van der Waals surface area contributed by atoms with Gasteiger partial charge in [0.1, 0.15) is 6.04 Å². The minimum absolute atomic E-state index is 0.00962. The molecule has 1 amide bonds. The Morgan fingerprint density at radius 1 is 1.30 bits per heavy atom. The van der Waals surface area contributed by atoms with Crippen LogP contribution in [0.15, 0.2) is 65.1 Å². The number of nitrogens with one attached hydrogen (secondary N) is 1. The van der Waals surface area contributed by atoms with Crippen LogP contribution < -0.4 is 5.32 Å². The smallest absolute Gasteiger partial charge is 0.252 e. The van der Waals surface area contributed by atoms with E-state index in [1.807, 2.05) is 58.9 Å². The van der Waals surface area contributed by atoms with Crippen LogP contribution in [0.25, 0.3) is 0 Å². The Bertz CT molecular complexity index is 720. The number of amides is 1. The largest absolute Gasteiger partial charge is 0.349 e. The minimum Gasteiger partial charge on any atom is -0.349 e. The minimum atomic E-state index is -0.0522. The molecule has 1 aromatic carbocycles. The topological polar surface area (TPSA) is 46.9 Å². The summed E-state index contributed by atoms with van der Waals surface area (Å²) in [6.45, 7) is 0.504. The highest BCUT2D eigenvalue weighted by molar-refractivity contribution is 7.98. The van der Waals surface area contributed by atoms with Crippen LogP contribution in [0.3, 0.4) is 0 Å². The van der Waals surface area contributed by atoms with Gasteiger partial charge in [-0.2, -0.15) is 5.10 Å². The van der Waals surface area contributed by atoms with E-state index in [-0.39, 0.29) is 11.9 Å². The molecule has 0 unspecified atom stereocenters. The van der Waals surface area contributed by atoms with Crippen LogP contribution in [0.4, 0.5) is 0 Å². The summed E-state index contributed by atoms with van der Waals surface area (Å²) in [5.41, 5.74) is 0.713. The number of hydrogen-bond acceptors (Lipinski definition) is 4. The summed E-state index contributed by atoms with van der Waals surface area (Å²) >= 11 is 3.25. The van der Waals surface area contributed by atoms with Gasteiger partial charge in [-0.1, -0.05) is 18.2 Å². The highest BCUT2D eigenvalue weighted by Gasteiger charge is 2.17. The highest BCUT2D eigenvalue weighted by atomic mass is 32.2. The maximum absolute atomic E-state index is 12.5. The molecular formula is C17H17N3OS2. The first kappa shape index (κ1) is 15.8. The lowest BCUT2D eigenvalue weighted by Gasteiger charge is -2.17. The fraction of sp³-hybridized carbons (Fsp3) is 0.176. The first-order chi connectivity index (χ1) is 11.3. The maximum atomic E-state index is 12.5. The van der Waals surface area contributed by atoms with Crippen LogP contribution in [0.5, 0.6) is 0 Å². The number of carbonyl (C=O) groups excluding carboxylic acids is 1. The molecule has 0 fully saturated rings. The normalized spacial score (nSPS) is 12.0.